The molecule has 0 aliphatic rings. The van der Waals surface area contributed by atoms with E-state index >= 15 is 0 Å². The minimum Gasteiger partial charge on any atom is -0.412 e. The van der Waals surface area contributed by atoms with Crippen LogP contribution in [-0.2, 0) is 6.54 Å². The largest absolute Gasteiger partial charge is 0.412 e. The summed E-state index contributed by atoms with van der Waals surface area (Å²) in [4.78, 5) is 11.9. The predicted molar refractivity (Wildman–Crippen MR) is 77.3 cm³/mol. The van der Waals surface area contributed by atoms with Gasteiger partial charge >= 0.3 is 11.8 Å². The summed E-state index contributed by atoms with van der Waals surface area (Å²) in [5, 5.41) is 9.86. The van der Waals surface area contributed by atoms with Gasteiger partial charge in [0.05, 0.1) is 0 Å². The van der Waals surface area contributed by atoms with Gasteiger partial charge in [0.2, 0.25) is 5.89 Å². The van der Waals surface area contributed by atoms with Crippen molar-refractivity contribution in [3.05, 3.63) is 71.6 Å². The van der Waals surface area contributed by atoms with Crippen LogP contribution in [0.2, 0.25) is 0 Å². The lowest BCUT2D eigenvalue weighted by atomic mass is 10.2. The van der Waals surface area contributed by atoms with Crippen LogP contribution < -0.4 is 5.32 Å². The van der Waals surface area contributed by atoms with Gasteiger partial charge in [-0.1, -0.05) is 18.2 Å². The zero-order chi connectivity index (χ0) is 16.2. The highest BCUT2D eigenvalue weighted by molar-refractivity contribution is 5.89. The van der Waals surface area contributed by atoms with Crippen molar-refractivity contribution in [1.82, 2.24) is 15.5 Å². The molecule has 0 atom stereocenters. The first-order chi connectivity index (χ1) is 11.1. The summed E-state index contributed by atoms with van der Waals surface area (Å²) in [6.45, 7) is -0.000230. The molecule has 5 nitrogen and oxygen atoms in total. The summed E-state index contributed by atoms with van der Waals surface area (Å²) >= 11 is 0. The van der Waals surface area contributed by atoms with Crippen molar-refractivity contribution in [1.29, 1.82) is 0 Å². The lowest BCUT2D eigenvalue weighted by molar-refractivity contribution is 0.0916. The number of aromatic nitrogens is 2. The second-order valence-corrected chi connectivity index (χ2v) is 4.69. The number of benzene rings is 2. The fraction of sp³-hybridized carbons (Fsp3) is 0.0625. The van der Waals surface area contributed by atoms with Gasteiger partial charge in [0.15, 0.2) is 0 Å². The Kier molecular flexibility index (Phi) is 4.09. The predicted octanol–water partition coefficient (Wildman–Crippen LogP) is 2.94. The Bertz CT molecular complexity index is 831. The monoisotopic (exact) mass is 315 g/mol. The highest BCUT2D eigenvalue weighted by Crippen LogP contribution is 2.18. The van der Waals surface area contributed by atoms with Gasteiger partial charge in [-0.3, -0.25) is 4.79 Å². The zero-order valence-corrected chi connectivity index (χ0v) is 11.8. The van der Waals surface area contributed by atoms with E-state index in [1.54, 1.807) is 18.2 Å². The van der Waals surface area contributed by atoms with Crippen molar-refractivity contribution in [3.63, 3.8) is 0 Å². The number of amides is 1. The normalized spacial score (nSPS) is 10.5. The van der Waals surface area contributed by atoms with E-state index in [2.05, 4.69) is 15.5 Å². The number of rotatable bonds is 4. The number of nitrogens with one attached hydrogen (secondary N) is 1. The van der Waals surface area contributed by atoms with Crippen molar-refractivity contribution in [2.24, 2.45) is 0 Å². The average Bonchev–Trinajstić information content (AvgIpc) is 3.04. The van der Waals surface area contributed by atoms with Crippen molar-refractivity contribution >= 4 is 5.91 Å². The number of carbonyl (C=O) groups is 1. The van der Waals surface area contributed by atoms with Crippen LogP contribution in [0.15, 0.2) is 52.9 Å². The molecule has 0 fully saturated rings. The fourth-order valence-electron chi connectivity index (χ4n) is 1.92. The van der Waals surface area contributed by atoms with E-state index in [0.717, 1.165) is 0 Å². The molecular weight excluding hydrogens is 304 g/mol. The Balaban J connectivity index is 1.69. The van der Waals surface area contributed by atoms with Crippen molar-refractivity contribution in [2.45, 2.75) is 6.54 Å². The first-order valence-electron chi connectivity index (χ1n) is 6.74. The Labute approximate surface area is 130 Å². The first-order valence-corrected chi connectivity index (χ1v) is 6.74. The minimum atomic E-state index is -0.617. The molecule has 0 bridgehead atoms. The van der Waals surface area contributed by atoms with E-state index in [-0.39, 0.29) is 18.3 Å². The molecule has 7 heteroatoms. The first kappa shape index (κ1) is 14.8. The highest BCUT2D eigenvalue weighted by atomic mass is 19.1. The molecule has 0 radical (unpaired) electrons. The summed E-state index contributed by atoms with van der Waals surface area (Å²) in [6, 6.07) is 11.5. The van der Waals surface area contributed by atoms with E-state index in [1.807, 2.05) is 0 Å². The van der Waals surface area contributed by atoms with Gasteiger partial charge in [-0.15, -0.1) is 10.2 Å². The molecule has 0 aliphatic heterocycles. The maximum Gasteiger partial charge on any atom is 0.309 e. The smallest absolute Gasteiger partial charge is 0.309 e. The van der Waals surface area contributed by atoms with Crippen LogP contribution in [0.1, 0.15) is 16.2 Å². The molecule has 3 aromatic rings. The van der Waals surface area contributed by atoms with Crippen LogP contribution in [0.5, 0.6) is 0 Å². The number of hydrogen-bond donors (Lipinski definition) is 1. The number of halogens is 2. The van der Waals surface area contributed by atoms with E-state index in [1.165, 1.54) is 30.3 Å². The third-order valence-corrected chi connectivity index (χ3v) is 3.11. The second kappa shape index (κ2) is 6.35. The molecule has 23 heavy (non-hydrogen) atoms. The highest BCUT2D eigenvalue weighted by Gasteiger charge is 2.16. The number of nitrogens with zero attached hydrogens (tertiary/aromatic N) is 2. The van der Waals surface area contributed by atoms with E-state index in [0.29, 0.717) is 11.1 Å². The number of hydrogen-bond acceptors (Lipinski definition) is 4. The molecule has 0 saturated carbocycles. The quantitative estimate of drug-likeness (QED) is 0.804. The van der Waals surface area contributed by atoms with Crippen molar-refractivity contribution < 1.29 is 18.0 Å². The summed E-state index contributed by atoms with van der Waals surface area (Å²) < 4.78 is 31.6. The molecule has 1 N–H and O–H groups in total. The van der Waals surface area contributed by atoms with Crippen molar-refractivity contribution in [3.8, 4) is 11.5 Å². The van der Waals surface area contributed by atoms with Crippen LogP contribution >= 0.6 is 0 Å². The molecule has 1 heterocycles. The third kappa shape index (κ3) is 3.39. The maximum absolute atomic E-state index is 13.5. The van der Waals surface area contributed by atoms with Crippen molar-refractivity contribution in [2.75, 3.05) is 0 Å². The van der Waals surface area contributed by atoms with E-state index in [9.17, 15) is 13.6 Å². The summed E-state index contributed by atoms with van der Waals surface area (Å²) in [5.74, 6) is -1.57. The standard InChI is InChI=1S/C16H11F2N3O2/c17-12-7-5-10(6-8-12)15-20-21-16(23-15)14(22)19-9-11-3-1-2-4-13(11)18/h1-8H,9H2,(H,19,22). The van der Waals surface area contributed by atoms with E-state index in [4.69, 9.17) is 4.42 Å². The lowest BCUT2D eigenvalue weighted by Gasteiger charge is -2.03. The number of carbonyl (C=O) groups excluding carboxylic acids is 1. The van der Waals surface area contributed by atoms with E-state index < -0.39 is 17.5 Å². The molecular formula is C16H11F2N3O2. The van der Waals surface area contributed by atoms with Gasteiger partial charge in [-0.2, -0.15) is 0 Å². The molecule has 0 spiro atoms. The SMILES string of the molecule is O=C(NCc1ccccc1F)c1nnc(-c2ccc(F)cc2)o1. The van der Waals surface area contributed by atoms with Crippen LogP contribution in [0.25, 0.3) is 11.5 Å². The third-order valence-electron chi connectivity index (χ3n) is 3.11. The Morgan fingerprint density at radius 1 is 1.04 bits per heavy atom. The fourth-order valence-corrected chi connectivity index (χ4v) is 1.92. The van der Waals surface area contributed by atoms with Crippen LogP contribution in [0, 0.1) is 11.6 Å². The lowest BCUT2D eigenvalue weighted by Crippen LogP contribution is -2.23. The molecule has 1 amide bonds. The zero-order valence-electron chi connectivity index (χ0n) is 11.8. The second-order valence-electron chi connectivity index (χ2n) is 4.69. The average molecular weight is 315 g/mol. The van der Waals surface area contributed by atoms with Gasteiger partial charge in [0.1, 0.15) is 11.6 Å². The Hall–Kier alpha value is -3.09. The molecule has 0 aliphatic carbocycles. The minimum absolute atomic E-state index is 0.000230. The maximum atomic E-state index is 13.5. The summed E-state index contributed by atoms with van der Waals surface area (Å²) in [7, 11) is 0. The Morgan fingerprint density at radius 2 is 1.78 bits per heavy atom. The van der Waals surface area contributed by atoms with Crippen LogP contribution in [-0.4, -0.2) is 16.1 Å². The molecule has 2 aromatic carbocycles. The van der Waals surface area contributed by atoms with Crippen LogP contribution in [0.3, 0.4) is 0 Å². The van der Waals surface area contributed by atoms with Gasteiger partial charge < -0.3 is 9.73 Å². The molecule has 0 unspecified atom stereocenters. The summed E-state index contributed by atoms with van der Waals surface area (Å²) in [5.41, 5.74) is 0.839. The van der Waals surface area contributed by atoms with Crippen LogP contribution in [0.4, 0.5) is 8.78 Å². The molecule has 0 saturated heterocycles. The van der Waals surface area contributed by atoms with Gasteiger partial charge in [0.25, 0.3) is 0 Å². The Morgan fingerprint density at radius 3 is 2.52 bits per heavy atom. The topological polar surface area (TPSA) is 68.0 Å². The summed E-state index contributed by atoms with van der Waals surface area (Å²) in [6.07, 6.45) is 0. The van der Waals surface area contributed by atoms with Gasteiger partial charge in [-0.25, -0.2) is 8.78 Å². The molecule has 3 rings (SSSR count). The molecule has 1 aromatic heterocycles. The van der Waals surface area contributed by atoms with Gasteiger partial charge in [0, 0.05) is 17.7 Å². The van der Waals surface area contributed by atoms with Gasteiger partial charge in [-0.05, 0) is 30.3 Å². The molecule has 116 valence electrons.